The predicted molar refractivity (Wildman–Crippen MR) is 71.6 cm³/mol. The average molecular weight is 299 g/mol. The number of carbonyl (C=O) groups is 2. The van der Waals surface area contributed by atoms with Gasteiger partial charge in [-0.3, -0.25) is 4.79 Å². The van der Waals surface area contributed by atoms with Crippen molar-refractivity contribution in [2.24, 2.45) is 0 Å². The van der Waals surface area contributed by atoms with E-state index in [9.17, 15) is 9.59 Å². The first-order valence-corrected chi connectivity index (χ1v) is 7.24. The summed E-state index contributed by atoms with van der Waals surface area (Å²) in [6.07, 6.45) is 0.912. The van der Waals surface area contributed by atoms with Crippen LogP contribution < -0.4 is 0 Å². The molecule has 0 aromatic carbocycles. The largest absolute Gasteiger partial charge is 0.467 e. The Labute approximate surface area is 121 Å². The standard InChI is InChI=1S/C12H17N3O4S/c1-3-4-8-10(20-14-13-8)11(16)15-5-6-19-9(7-15)12(17)18-2/h9H,3-7H2,1-2H3. The number of amides is 1. The second kappa shape index (κ2) is 6.76. The molecule has 1 aliphatic rings. The molecule has 8 heteroatoms. The molecule has 1 atom stereocenters. The van der Waals surface area contributed by atoms with Gasteiger partial charge in [-0.15, -0.1) is 5.10 Å². The van der Waals surface area contributed by atoms with Crippen molar-refractivity contribution in [2.45, 2.75) is 25.9 Å². The van der Waals surface area contributed by atoms with E-state index in [2.05, 4.69) is 14.3 Å². The molecule has 1 saturated heterocycles. The van der Waals surface area contributed by atoms with Crippen LogP contribution in [-0.4, -0.2) is 59.3 Å². The maximum Gasteiger partial charge on any atom is 0.336 e. The molecule has 0 saturated carbocycles. The SMILES string of the molecule is CCCc1nnsc1C(=O)N1CCOC(C(=O)OC)C1. The van der Waals surface area contributed by atoms with Gasteiger partial charge in [0.05, 0.1) is 26.0 Å². The maximum atomic E-state index is 12.5. The van der Waals surface area contributed by atoms with Crippen molar-refractivity contribution in [3.8, 4) is 0 Å². The molecule has 7 nitrogen and oxygen atoms in total. The Morgan fingerprint density at radius 2 is 2.35 bits per heavy atom. The Kier molecular flexibility index (Phi) is 5.02. The Morgan fingerprint density at radius 3 is 3.05 bits per heavy atom. The zero-order valence-electron chi connectivity index (χ0n) is 11.5. The van der Waals surface area contributed by atoms with E-state index >= 15 is 0 Å². The highest BCUT2D eigenvalue weighted by atomic mass is 32.1. The number of nitrogens with zero attached hydrogens (tertiary/aromatic N) is 3. The lowest BCUT2D eigenvalue weighted by molar-refractivity contribution is -0.158. The molecule has 1 amide bonds. The Bertz CT molecular complexity index is 491. The molecule has 1 aliphatic heterocycles. The van der Waals surface area contributed by atoms with E-state index in [1.807, 2.05) is 6.92 Å². The number of ether oxygens (including phenoxy) is 2. The number of esters is 1. The number of aromatic nitrogens is 2. The van der Waals surface area contributed by atoms with Gasteiger partial charge in [0.25, 0.3) is 5.91 Å². The van der Waals surface area contributed by atoms with Crippen LogP contribution in [-0.2, 0) is 20.7 Å². The number of hydrogen-bond donors (Lipinski definition) is 0. The normalized spacial score (nSPS) is 18.9. The van der Waals surface area contributed by atoms with Crippen LogP contribution in [0.25, 0.3) is 0 Å². The minimum absolute atomic E-state index is 0.138. The third kappa shape index (κ3) is 3.13. The summed E-state index contributed by atoms with van der Waals surface area (Å²) in [6.45, 7) is 3.00. The zero-order chi connectivity index (χ0) is 14.5. The Morgan fingerprint density at radius 1 is 1.55 bits per heavy atom. The van der Waals surface area contributed by atoms with Crippen LogP contribution in [0.15, 0.2) is 0 Å². The van der Waals surface area contributed by atoms with Gasteiger partial charge in [-0.25, -0.2) is 4.79 Å². The summed E-state index contributed by atoms with van der Waals surface area (Å²) in [6, 6.07) is 0. The minimum atomic E-state index is -0.715. The van der Waals surface area contributed by atoms with Gasteiger partial charge in [0.1, 0.15) is 4.88 Å². The van der Waals surface area contributed by atoms with Crippen LogP contribution in [0.3, 0.4) is 0 Å². The lowest BCUT2D eigenvalue weighted by Crippen LogP contribution is -2.48. The molecule has 20 heavy (non-hydrogen) atoms. The fourth-order valence-corrected chi connectivity index (χ4v) is 2.70. The van der Waals surface area contributed by atoms with E-state index in [0.717, 1.165) is 30.1 Å². The van der Waals surface area contributed by atoms with Crippen molar-refractivity contribution in [3.05, 3.63) is 10.6 Å². The van der Waals surface area contributed by atoms with Crippen LogP contribution in [0, 0.1) is 0 Å². The van der Waals surface area contributed by atoms with Gasteiger partial charge in [-0.1, -0.05) is 17.8 Å². The average Bonchev–Trinajstić information content (AvgIpc) is 2.94. The quantitative estimate of drug-likeness (QED) is 0.753. The van der Waals surface area contributed by atoms with Gasteiger partial charge in [-0.2, -0.15) is 0 Å². The first-order chi connectivity index (χ1) is 9.67. The molecule has 1 unspecified atom stereocenters. The Hall–Kier alpha value is -1.54. The fourth-order valence-electron chi connectivity index (χ4n) is 2.02. The number of carbonyl (C=O) groups excluding carboxylic acids is 2. The number of methoxy groups -OCH3 is 1. The van der Waals surface area contributed by atoms with E-state index in [1.54, 1.807) is 4.90 Å². The van der Waals surface area contributed by atoms with E-state index in [4.69, 9.17) is 4.74 Å². The summed E-state index contributed by atoms with van der Waals surface area (Å²) in [5.74, 6) is -0.598. The van der Waals surface area contributed by atoms with Gasteiger partial charge in [-0.05, 0) is 18.0 Å². The summed E-state index contributed by atoms with van der Waals surface area (Å²) in [4.78, 5) is 26.1. The summed E-state index contributed by atoms with van der Waals surface area (Å²) in [5, 5.41) is 3.99. The summed E-state index contributed by atoms with van der Waals surface area (Å²) in [7, 11) is 1.30. The first-order valence-electron chi connectivity index (χ1n) is 6.47. The molecule has 1 aromatic heterocycles. The van der Waals surface area contributed by atoms with Gasteiger partial charge in [0, 0.05) is 6.54 Å². The van der Waals surface area contributed by atoms with Crippen molar-refractivity contribution in [3.63, 3.8) is 0 Å². The van der Waals surface area contributed by atoms with Crippen molar-refractivity contribution in [2.75, 3.05) is 26.8 Å². The van der Waals surface area contributed by atoms with Gasteiger partial charge < -0.3 is 14.4 Å². The van der Waals surface area contributed by atoms with E-state index in [-0.39, 0.29) is 12.5 Å². The molecule has 0 bridgehead atoms. The molecule has 110 valence electrons. The fraction of sp³-hybridized carbons (Fsp3) is 0.667. The van der Waals surface area contributed by atoms with Gasteiger partial charge in [0.2, 0.25) is 0 Å². The van der Waals surface area contributed by atoms with E-state index in [1.165, 1.54) is 7.11 Å². The second-order valence-electron chi connectivity index (χ2n) is 4.43. The van der Waals surface area contributed by atoms with Crippen molar-refractivity contribution in [1.82, 2.24) is 14.5 Å². The Balaban J connectivity index is 2.08. The predicted octanol–water partition coefficient (Wildman–Crippen LogP) is 0.505. The smallest absolute Gasteiger partial charge is 0.336 e. The van der Waals surface area contributed by atoms with Crippen LogP contribution in [0.5, 0.6) is 0 Å². The summed E-state index contributed by atoms with van der Waals surface area (Å²) in [5.41, 5.74) is 0.726. The molecule has 2 rings (SSSR count). The second-order valence-corrected chi connectivity index (χ2v) is 5.19. The molecule has 1 aromatic rings. The van der Waals surface area contributed by atoms with Crippen LogP contribution in [0.1, 0.15) is 28.7 Å². The van der Waals surface area contributed by atoms with E-state index < -0.39 is 12.1 Å². The topological polar surface area (TPSA) is 81.6 Å². The highest BCUT2D eigenvalue weighted by molar-refractivity contribution is 7.08. The number of morpholine rings is 1. The third-order valence-electron chi connectivity index (χ3n) is 3.05. The van der Waals surface area contributed by atoms with Gasteiger partial charge in [0.15, 0.2) is 6.10 Å². The van der Waals surface area contributed by atoms with Crippen LogP contribution >= 0.6 is 11.5 Å². The van der Waals surface area contributed by atoms with Crippen LogP contribution in [0.4, 0.5) is 0 Å². The van der Waals surface area contributed by atoms with Gasteiger partial charge >= 0.3 is 5.97 Å². The third-order valence-corrected chi connectivity index (χ3v) is 3.81. The van der Waals surface area contributed by atoms with Crippen molar-refractivity contribution < 1.29 is 19.1 Å². The molecule has 0 aliphatic carbocycles. The molecule has 1 fully saturated rings. The molecule has 0 spiro atoms. The number of aryl methyl sites for hydroxylation is 1. The summed E-state index contributed by atoms with van der Waals surface area (Å²) < 4.78 is 13.8. The molecule has 0 radical (unpaired) electrons. The number of rotatable bonds is 4. The van der Waals surface area contributed by atoms with Crippen molar-refractivity contribution in [1.29, 1.82) is 0 Å². The monoisotopic (exact) mass is 299 g/mol. The van der Waals surface area contributed by atoms with Crippen LogP contribution in [0.2, 0.25) is 0 Å². The van der Waals surface area contributed by atoms with E-state index in [0.29, 0.717) is 18.0 Å². The maximum absolute atomic E-state index is 12.5. The number of hydrogen-bond acceptors (Lipinski definition) is 7. The molecule has 2 heterocycles. The molecular weight excluding hydrogens is 282 g/mol. The summed E-state index contributed by atoms with van der Waals surface area (Å²) >= 11 is 1.10. The van der Waals surface area contributed by atoms with Crippen molar-refractivity contribution >= 4 is 23.4 Å². The molecule has 0 N–H and O–H groups in total. The minimum Gasteiger partial charge on any atom is -0.467 e. The molecular formula is C12H17N3O4S. The highest BCUT2D eigenvalue weighted by Crippen LogP contribution is 2.17. The lowest BCUT2D eigenvalue weighted by Gasteiger charge is -2.31. The zero-order valence-corrected chi connectivity index (χ0v) is 12.3. The highest BCUT2D eigenvalue weighted by Gasteiger charge is 2.32. The first kappa shape index (κ1) is 14.9. The lowest BCUT2D eigenvalue weighted by atomic mass is 10.2.